The molecule has 0 bridgehead atoms. The smallest absolute Gasteiger partial charge is 0.238 e. The summed E-state index contributed by atoms with van der Waals surface area (Å²) < 4.78 is 5.21. The number of methoxy groups -OCH3 is 1. The number of amides is 2. The fraction of sp³-hybridized carbons (Fsp3) is 0.160. The van der Waals surface area contributed by atoms with Crippen LogP contribution < -0.4 is 10.1 Å². The normalized spacial score (nSPS) is 17.0. The lowest BCUT2D eigenvalue weighted by atomic mass is 10.2. The Morgan fingerprint density at radius 1 is 1.09 bits per heavy atom. The topological polar surface area (TPSA) is 71.0 Å². The van der Waals surface area contributed by atoms with Crippen LogP contribution >= 0.6 is 35.0 Å². The van der Waals surface area contributed by atoms with Crippen molar-refractivity contribution in [3.8, 4) is 5.75 Å². The second kappa shape index (κ2) is 11.0. The highest BCUT2D eigenvalue weighted by atomic mass is 35.5. The highest BCUT2D eigenvalue weighted by molar-refractivity contribution is 8.15. The summed E-state index contributed by atoms with van der Waals surface area (Å²) >= 11 is 13.5. The van der Waals surface area contributed by atoms with E-state index in [1.54, 1.807) is 66.6 Å². The Hall–Kier alpha value is -3.00. The van der Waals surface area contributed by atoms with Gasteiger partial charge in [-0.3, -0.25) is 14.5 Å². The van der Waals surface area contributed by atoms with Crippen LogP contribution in [-0.4, -0.2) is 34.2 Å². The van der Waals surface area contributed by atoms with Crippen LogP contribution in [0.5, 0.6) is 5.75 Å². The van der Waals surface area contributed by atoms with E-state index in [4.69, 9.17) is 32.9 Å². The van der Waals surface area contributed by atoms with Crippen molar-refractivity contribution in [1.29, 1.82) is 0 Å². The molecule has 9 heteroatoms. The van der Waals surface area contributed by atoms with Crippen LogP contribution in [0.3, 0.4) is 0 Å². The third kappa shape index (κ3) is 5.91. The molecule has 34 heavy (non-hydrogen) atoms. The van der Waals surface area contributed by atoms with Gasteiger partial charge < -0.3 is 10.1 Å². The van der Waals surface area contributed by atoms with Crippen molar-refractivity contribution in [3.05, 3.63) is 88.4 Å². The molecule has 1 unspecified atom stereocenters. The van der Waals surface area contributed by atoms with Gasteiger partial charge in [0.2, 0.25) is 11.8 Å². The molecule has 0 saturated carbocycles. The van der Waals surface area contributed by atoms with Gasteiger partial charge >= 0.3 is 0 Å². The molecule has 3 aromatic carbocycles. The molecule has 2 amide bonds. The first-order chi connectivity index (χ1) is 16.4. The first-order valence-electron chi connectivity index (χ1n) is 10.4. The molecule has 1 N–H and O–H groups in total. The highest BCUT2D eigenvalue weighted by Crippen LogP contribution is 2.32. The average molecular weight is 514 g/mol. The van der Waals surface area contributed by atoms with Gasteiger partial charge in [-0.1, -0.05) is 53.2 Å². The van der Waals surface area contributed by atoms with Crippen LogP contribution in [0.4, 0.5) is 11.4 Å². The Balaban J connectivity index is 1.61. The molecule has 0 spiro atoms. The Bertz CT molecular complexity index is 1220. The molecular weight excluding hydrogens is 493 g/mol. The first kappa shape index (κ1) is 24.1. The Kier molecular flexibility index (Phi) is 7.77. The summed E-state index contributed by atoms with van der Waals surface area (Å²) in [4.78, 5) is 32.4. The zero-order valence-corrected chi connectivity index (χ0v) is 20.5. The maximum atomic E-state index is 13.2. The quantitative estimate of drug-likeness (QED) is 0.428. The molecule has 4 rings (SSSR count). The molecule has 0 aliphatic carbocycles. The standard InChI is InChI=1S/C25H21Cl2N3O3S/c1-33-20-12-10-19(11-13-20)29-25-30(15-16-4-2-3-5-21(16)27)23(31)14-22(34-25)24(32)28-18-8-6-17(26)7-9-18/h2-13,22H,14-15H2,1H3,(H,28,32). The number of benzene rings is 3. The zero-order chi connectivity index (χ0) is 24.1. The minimum absolute atomic E-state index is 0.0379. The van der Waals surface area contributed by atoms with E-state index in [0.29, 0.717) is 32.3 Å². The number of thioether (sulfide) groups is 1. The lowest BCUT2D eigenvalue weighted by Crippen LogP contribution is -2.44. The third-order valence-corrected chi connectivity index (χ3v) is 6.94. The maximum absolute atomic E-state index is 13.2. The van der Waals surface area contributed by atoms with Gasteiger partial charge in [0.15, 0.2) is 5.17 Å². The number of amidine groups is 1. The van der Waals surface area contributed by atoms with E-state index in [2.05, 4.69) is 5.32 Å². The van der Waals surface area contributed by atoms with Gasteiger partial charge in [-0.25, -0.2) is 4.99 Å². The van der Waals surface area contributed by atoms with E-state index >= 15 is 0 Å². The van der Waals surface area contributed by atoms with Crippen molar-refractivity contribution in [2.24, 2.45) is 4.99 Å². The largest absolute Gasteiger partial charge is 0.497 e. The summed E-state index contributed by atoms with van der Waals surface area (Å²) in [7, 11) is 1.59. The number of nitrogens with one attached hydrogen (secondary N) is 1. The lowest BCUT2D eigenvalue weighted by Gasteiger charge is -2.32. The number of rotatable bonds is 6. The summed E-state index contributed by atoms with van der Waals surface area (Å²) in [6.45, 7) is 0.256. The van der Waals surface area contributed by atoms with Gasteiger partial charge in [-0.15, -0.1) is 0 Å². The van der Waals surface area contributed by atoms with Crippen LogP contribution in [0.2, 0.25) is 10.0 Å². The van der Waals surface area contributed by atoms with E-state index in [-0.39, 0.29) is 24.8 Å². The van der Waals surface area contributed by atoms with E-state index in [9.17, 15) is 9.59 Å². The molecule has 1 fully saturated rings. The summed E-state index contributed by atoms with van der Waals surface area (Å²) in [6.07, 6.45) is 0.0379. The fourth-order valence-electron chi connectivity index (χ4n) is 3.32. The van der Waals surface area contributed by atoms with Crippen molar-refractivity contribution < 1.29 is 14.3 Å². The minimum atomic E-state index is -0.636. The molecule has 1 heterocycles. The van der Waals surface area contributed by atoms with Crippen LogP contribution in [0, 0.1) is 0 Å². The number of ether oxygens (including phenoxy) is 1. The number of hydrogen-bond acceptors (Lipinski definition) is 5. The van der Waals surface area contributed by atoms with Gasteiger partial charge in [-0.05, 0) is 60.2 Å². The van der Waals surface area contributed by atoms with Gasteiger partial charge in [-0.2, -0.15) is 0 Å². The molecule has 0 radical (unpaired) electrons. The number of aliphatic imine (C=N–C) groups is 1. The summed E-state index contributed by atoms with van der Waals surface area (Å²) in [5, 5.41) is 3.78. The number of nitrogens with zero attached hydrogens (tertiary/aromatic N) is 2. The molecule has 1 atom stereocenters. The van der Waals surface area contributed by atoms with Gasteiger partial charge in [0, 0.05) is 22.2 Å². The monoisotopic (exact) mass is 513 g/mol. The molecular formula is C25H21Cl2N3O3S. The van der Waals surface area contributed by atoms with E-state index in [1.165, 1.54) is 11.8 Å². The molecule has 1 saturated heterocycles. The summed E-state index contributed by atoms with van der Waals surface area (Å²) in [5.74, 6) is 0.215. The highest BCUT2D eigenvalue weighted by Gasteiger charge is 2.36. The fourth-order valence-corrected chi connectivity index (χ4v) is 4.74. The molecule has 3 aromatic rings. The van der Waals surface area contributed by atoms with E-state index in [0.717, 1.165) is 5.56 Å². The number of halogens is 2. The molecule has 0 aromatic heterocycles. The Morgan fingerprint density at radius 2 is 1.79 bits per heavy atom. The van der Waals surface area contributed by atoms with Gasteiger partial charge in [0.1, 0.15) is 11.0 Å². The lowest BCUT2D eigenvalue weighted by molar-refractivity contribution is -0.129. The van der Waals surface area contributed by atoms with Gasteiger partial charge in [0.25, 0.3) is 0 Å². The van der Waals surface area contributed by atoms with Crippen LogP contribution in [-0.2, 0) is 16.1 Å². The molecule has 6 nitrogen and oxygen atoms in total. The maximum Gasteiger partial charge on any atom is 0.238 e. The Labute approximate surface area is 211 Å². The van der Waals surface area contributed by atoms with E-state index < -0.39 is 5.25 Å². The average Bonchev–Trinajstić information content (AvgIpc) is 2.84. The SMILES string of the molecule is COc1ccc(N=C2SC(C(=O)Nc3ccc(Cl)cc3)CC(=O)N2Cc2ccccc2Cl)cc1. The van der Waals surface area contributed by atoms with Crippen LogP contribution in [0.15, 0.2) is 77.8 Å². The van der Waals surface area contributed by atoms with Crippen molar-refractivity contribution >= 4 is 63.3 Å². The second-order valence-corrected chi connectivity index (χ2v) is 9.48. The van der Waals surface area contributed by atoms with Crippen LogP contribution in [0.25, 0.3) is 0 Å². The number of carbonyl (C=O) groups excluding carboxylic acids is 2. The first-order valence-corrected chi connectivity index (χ1v) is 12.1. The van der Waals surface area contributed by atoms with Crippen molar-refractivity contribution in [1.82, 2.24) is 4.90 Å². The Morgan fingerprint density at radius 3 is 2.47 bits per heavy atom. The van der Waals surface area contributed by atoms with Crippen molar-refractivity contribution in [2.45, 2.75) is 18.2 Å². The third-order valence-electron chi connectivity index (χ3n) is 5.13. The molecule has 1 aliphatic rings. The van der Waals surface area contributed by atoms with Gasteiger partial charge in [0.05, 0.1) is 19.3 Å². The van der Waals surface area contributed by atoms with Crippen molar-refractivity contribution in [2.75, 3.05) is 12.4 Å². The summed E-state index contributed by atoms with van der Waals surface area (Å²) in [5.41, 5.74) is 2.04. The summed E-state index contributed by atoms with van der Waals surface area (Å²) in [6, 6.07) is 21.3. The predicted molar refractivity (Wildman–Crippen MR) is 138 cm³/mol. The zero-order valence-electron chi connectivity index (χ0n) is 18.2. The predicted octanol–water partition coefficient (Wildman–Crippen LogP) is 6.16. The number of hydrogen-bond donors (Lipinski definition) is 1. The minimum Gasteiger partial charge on any atom is -0.497 e. The number of carbonyl (C=O) groups is 2. The molecule has 1 aliphatic heterocycles. The second-order valence-electron chi connectivity index (χ2n) is 7.47. The van der Waals surface area contributed by atoms with Crippen LogP contribution in [0.1, 0.15) is 12.0 Å². The number of anilines is 1. The van der Waals surface area contributed by atoms with E-state index in [1.807, 2.05) is 18.2 Å². The molecule has 174 valence electrons. The van der Waals surface area contributed by atoms with Crippen molar-refractivity contribution in [3.63, 3.8) is 0 Å².